The van der Waals surface area contributed by atoms with E-state index in [2.05, 4.69) is 5.32 Å². The van der Waals surface area contributed by atoms with Crippen molar-refractivity contribution in [2.75, 3.05) is 32.0 Å². The summed E-state index contributed by atoms with van der Waals surface area (Å²) < 4.78 is 56.2. The van der Waals surface area contributed by atoms with E-state index in [-0.39, 0.29) is 30.4 Å². The Morgan fingerprint density at radius 1 is 1.15 bits per heavy atom. The van der Waals surface area contributed by atoms with Gasteiger partial charge in [-0.05, 0) is 42.2 Å². The number of nitrogen functional groups attached to an aromatic ring is 1. The van der Waals surface area contributed by atoms with Crippen molar-refractivity contribution >= 4 is 29.6 Å². The second-order valence-electron chi connectivity index (χ2n) is 9.75. The normalized spacial score (nSPS) is 17.7. The van der Waals surface area contributed by atoms with Crippen LogP contribution in [0.15, 0.2) is 59.5 Å². The van der Waals surface area contributed by atoms with Crippen molar-refractivity contribution in [2.45, 2.75) is 49.8 Å². The summed E-state index contributed by atoms with van der Waals surface area (Å²) in [4.78, 5) is 32.3. The predicted octanol–water partition coefficient (Wildman–Crippen LogP) is 2.52. The molecule has 0 saturated carbocycles. The molecule has 2 aromatic carbocycles. The summed E-state index contributed by atoms with van der Waals surface area (Å²) in [7, 11) is -9.26. The van der Waals surface area contributed by atoms with Gasteiger partial charge in [-0.25, -0.2) is 17.8 Å². The smallest absolute Gasteiger partial charge is 0.444 e. The predicted molar refractivity (Wildman–Crippen MR) is 144 cm³/mol. The summed E-state index contributed by atoms with van der Waals surface area (Å²) in [6, 6.07) is 13.5. The number of anilines is 1. The number of alkyl carbamates (subject to hydrolysis) is 1. The topological polar surface area (TPSA) is 178 Å². The largest absolute Gasteiger partial charge is 0.469 e. The van der Waals surface area contributed by atoms with E-state index in [1.165, 1.54) is 24.3 Å². The molecule has 14 heteroatoms. The SMILES string of the molecule is CC(C)CN(CC(OP(=O)(O)O)[C@H](Cc1ccccc1)NC(=O)OC1CCOC1)S(=O)(=O)c1ccc(N)cc1. The number of nitrogens with one attached hydrogen (secondary N) is 1. The van der Waals surface area contributed by atoms with E-state index in [1.807, 2.05) is 13.8 Å². The zero-order chi connectivity index (χ0) is 28.6. The number of sulfonamides is 1. The number of phosphoric acid groups is 1. The first-order valence-electron chi connectivity index (χ1n) is 12.5. The number of amides is 1. The number of hydrogen-bond donors (Lipinski definition) is 4. The number of nitrogens with two attached hydrogens (primary N) is 1. The van der Waals surface area contributed by atoms with Crippen LogP contribution in [0.1, 0.15) is 25.8 Å². The molecule has 3 atom stereocenters. The van der Waals surface area contributed by atoms with E-state index >= 15 is 0 Å². The van der Waals surface area contributed by atoms with Gasteiger partial charge in [0, 0.05) is 25.2 Å². The number of hydrogen-bond acceptors (Lipinski definition) is 8. The fourth-order valence-electron chi connectivity index (χ4n) is 4.16. The van der Waals surface area contributed by atoms with Crippen molar-refractivity contribution in [2.24, 2.45) is 5.92 Å². The van der Waals surface area contributed by atoms with Crippen LogP contribution < -0.4 is 11.1 Å². The lowest BCUT2D eigenvalue weighted by Crippen LogP contribution is -2.52. The highest BCUT2D eigenvalue weighted by atomic mass is 32.2. The van der Waals surface area contributed by atoms with Gasteiger partial charge < -0.3 is 30.3 Å². The Kier molecular flexibility index (Phi) is 10.9. The second-order valence-corrected chi connectivity index (χ2v) is 12.9. The van der Waals surface area contributed by atoms with E-state index in [9.17, 15) is 27.6 Å². The van der Waals surface area contributed by atoms with Gasteiger partial charge in [-0.3, -0.25) is 4.52 Å². The molecule has 1 aliphatic heterocycles. The molecule has 1 saturated heterocycles. The molecule has 216 valence electrons. The summed E-state index contributed by atoms with van der Waals surface area (Å²) in [5.74, 6) is -0.142. The van der Waals surface area contributed by atoms with Crippen LogP contribution in [0.3, 0.4) is 0 Å². The molecule has 2 unspecified atom stereocenters. The first kappa shape index (κ1) is 31.0. The molecule has 1 aliphatic rings. The maximum absolute atomic E-state index is 13.6. The summed E-state index contributed by atoms with van der Waals surface area (Å²) in [6.45, 7) is 3.87. The van der Waals surface area contributed by atoms with Gasteiger partial charge in [0.05, 0.1) is 24.2 Å². The molecule has 12 nitrogen and oxygen atoms in total. The molecule has 0 radical (unpaired) electrons. The Morgan fingerprint density at radius 2 is 1.82 bits per heavy atom. The number of phosphoric ester groups is 1. The number of rotatable bonds is 13. The van der Waals surface area contributed by atoms with Crippen LogP contribution in [-0.4, -0.2) is 73.2 Å². The molecule has 2 aromatic rings. The van der Waals surface area contributed by atoms with Crippen LogP contribution in [-0.2, 0) is 35.0 Å². The van der Waals surface area contributed by atoms with Crippen molar-refractivity contribution in [1.29, 1.82) is 0 Å². The van der Waals surface area contributed by atoms with Crippen LogP contribution in [0, 0.1) is 5.92 Å². The maximum Gasteiger partial charge on any atom is 0.469 e. The first-order valence-corrected chi connectivity index (χ1v) is 15.5. The molecular weight excluding hydrogens is 549 g/mol. The van der Waals surface area contributed by atoms with Crippen molar-refractivity contribution in [1.82, 2.24) is 9.62 Å². The second kappa shape index (κ2) is 13.7. The minimum atomic E-state index is -5.12. The highest BCUT2D eigenvalue weighted by molar-refractivity contribution is 7.89. The monoisotopic (exact) mass is 585 g/mol. The molecule has 5 N–H and O–H groups in total. The number of carbonyl (C=O) groups excluding carboxylic acids is 1. The van der Waals surface area contributed by atoms with Crippen LogP contribution in [0.25, 0.3) is 0 Å². The average molecular weight is 586 g/mol. The molecule has 39 heavy (non-hydrogen) atoms. The molecular formula is C25H36N3O9PS. The minimum Gasteiger partial charge on any atom is -0.444 e. The van der Waals surface area contributed by atoms with Gasteiger partial charge in [0.25, 0.3) is 0 Å². The van der Waals surface area contributed by atoms with E-state index in [1.54, 1.807) is 30.3 Å². The fraction of sp³-hybridized carbons (Fsp3) is 0.480. The van der Waals surface area contributed by atoms with Gasteiger partial charge in [0.1, 0.15) is 12.2 Å². The van der Waals surface area contributed by atoms with Crippen LogP contribution >= 0.6 is 7.82 Å². The lowest BCUT2D eigenvalue weighted by molar-refractivity contribution is 0.0601. The lowest BCUT2D eigenvalue weighted by Gasteiger charge is -2.33. The van der Waals surface area contributed by atoms with E-state index in [0.29, 0.717) is 18.7 Å². The standard InChI is InChI=1S/C25H36N3O9PS/c1-18(2)15-28(39(33,34)22-10-8-20(26)9-11-22)16-24(37-38(30,31)32)23(14-19-6-4-3-5-7-19)27-25(29)36-21-12-13-35-17-21/h3-11,18,21,23-24H,12-17,26H2,1-2H3,(H,27,29)(H2,30,31,32)/t21?,23-,24?/m0/s1. The summed E-state index contributed by atoms with van der Waals surface area (Å²) >= 11 is 0. The average Bonchev–Trinajstić information content (AvgIpc) is 3.35. The fourth-order valence-corrected chi connectivity index (χ4v) is 6.35. The third-order valence-corrected chi connectivity index (χ3v) is 8.35. The summed E-state index contributed by atoms with van der Waals surface area (Å²) in [6.07, 6.45) is -2.14. The summed E-state index contributed by atoms with van der Waals surface area (Å²) in [5, 5.41) is 2.65. The van der Waals surface area contributed by atoms with Crippen molar-refractivity contribution < 1.29 is 41.6 Å². The molecule has 0 bridgehead atoms. The lowest BCUT2D eigenvalue weighted by atomic mass is 10.0. The van der Waals surface area contributed by atoms with Gasteiger partial charge in [0.2, 0.25) is 10.0 Å². The third kappa shape index (κ3) is 9.87. The number of nitrogens with zero attached hydrogens (tertiary/aromatic N) is 1. The zero-order valence-corrected chi connectivity index (χ0v) is 23.6. The molecule has 1 amide bonds. The molecule has 1 heterocycles. The molecule has 1 fully saturated rings. The molecule has 0 spiro atoms. The van der Waals surface area contributed by atoms with Gasteiger partial charge in [-0.1, -0.05) is 44.2 Å². The Labute approximate surface area is 228 Å². The quantitative estimate of drug-likeness (QED) is 0.202. The Balaban J connectivity index is 1.96. The van der Waals surface area contributed by atoms with Gasteiger partial charge >= 0.3 is 13.9 Å². The number of carbonyl (C=O) groups is 1. The van der Waals surface area contributed by atoms with Crippen LogP contribution in [0.4, 0.5) is 10.5 Å². The number of benzene rings is 2. The van der Waals surface area contributed by atoms with E-state index < -0.39 is 48.7 Å². The Bertz CT molecular complexity index is 1220. The maximum atomic E-state index is 13.6. The molecule has 3 rings (SSSR count). The highest BCUT2D eigenvalue weighted by Gasteiger charge is 2.37. The minimum absolute atomic E-state index is 0.0235. The first-order chi connectivity index (χ1) is 18.3. The Morgan fingerprint density at radius 3 is 2.38 bits per heavy atom. The van der Waals surface area contributed by atoms with Crippen LogP contribution in [0.5, 0.6) is 0 Å². The van der Waals surface area contributed by atoms with Crippen molar-refractivity contribution in [3.63, 3.8) is 0 Å². The van der Waals surface area contributed by atoms with Crippen LogP contribution in [0.2, 0.25) is 0 Å². The van der Waals surface area contributed by atoms with Gasteiger partial charge in [0.15, 0.2) is 0 Å². The zero-order valence-electron chi connectivity index (χ0n) is 21.9. The van der Waals surface area contributed by atoms with Gasteiger partial charge in [-0.2, -0.15) is 4.31 Å². The molecule has 0 aromatic heterocycles. The molecule has 0 aliphatic carbocycles. The van der Waals surface area contributed by atoms with E-state index in [4.69, 9.17) is 19.7 Å². The summed E-state index contributed by atoms with van der Waals surface area (Å²) in [5.41, 5.74) is 6.82. The highest BCUT2D eigenvalue weighted by Crippen LogP contribution is 2.39. The third-order valence-electron chi connectivity index (χ3n) is 5.96. The number of ether oxygens (including phenoxy) is 2. The van der Waals surface area contributed by atoms with Gasteiger partial charge in [-0.15, -0.1) is 0 Å². The Hall–Kier alpha value is -2.51. The van der Waals surface area contributed by atoms with Crippen molar-refractivity contribution in [3.8, 4) is 0 Å². The van der Waals surface area contributed by atoms with E-state index in [0.717, 1.165) is 9.87 Å². The van der Waals surface area contributed by atoms with Crippen molar-refractivity contribution in [3.05, 3.63) is 60.2 Å².